The highest BCUT2D eigenvalue weighted by Gasteiger charge is 2.31. The molecule has 0 spiro atoms. The van der Waals surface area contributed by atoms with Gasteiger partial charge in [0.2, 0.25) is 0 Å². The smallest absolute Gasteiger partial charge is 0.266 e. The van der Waals surface area contributed by atoms with Gasteiger partial charge in [-0.05, 0) is 24.7 Å². The second kappa shape index (κ2) is 6.55. The summed E-state index contributed by atoms with van der Waals surface area (Å²) in [4.78, 5) is 16.1. The zero-order chi connectivity index (χ0) is 18.2. The lowest BCUT2D eigenvalue weighted by Crippen LogP contribution is -2.58. The fourth-order valence-electron chi connectivity index (χ4n) is 2.83. The molecule has 25 heavy (non-hydrogen) atoms. The Morgan fingerprint density at radius 3 is 2.52 bits per heavy atom. The predicted molar refractivity (Wildman–Crippen MR) is 97.7 cm³/mol. The van der Waals surface area contributed by atoms with Crippen molar-refractivity contribution < 1.29 is 0 Å². The van der Waals surface area contributed by atoms with Crippen molar-refractivity contribution >= 4 is 5.82 Å². The van der Waals surface area contributed by atoms with Crippen LogP contribution in [0.5, 0.6) is 0 Å². The monoisotopic (exact) mass is 342 g/mol. The van der Waals surface area contributed by atoms with Crippen LogP contribution in [0.2, 0.25) is 0 Å². The van der Waals surface area contributed by atoms with Crippen molar-refractivity contribution in [3.63, 3.8) is 0 Å². The zero-order valence-electron chi connectivity index (χ0n) is 15.6. The third kappa shape index (κ3) is 3.87. The highest BCUT2D eigenvalue weighted by molar-refractivity contribution is 5.42. The Hall–Kier alpha value is -2.28. The fourth-order valence-corrected chi connectivity index (χ4v) is 2.83. The summed E-state index contributed by atoms with van der Waals surface area (Å²) in [5.41, 5.74) is 1.89. The summed E-state index contributed by atoms with van der Waals surface area (Å²) >= 11 is 0. The van der Waals surface area contributed by atoms with Crippen molar-refractivity contribution in [3.05, 3.63) is 46.0 Å². The van der Waals surface area contributed by atoms with Crippen LogP contribution in [0.3, 0.4) is 0 Å². The standard InChI is InChI=1S/C18H26N6O/c1-18(2,3)15-6-7-16(21-20-15)24-11-14(12-24)22(4)10-13-8-17(25)23(5)19-9-13/h6-9,14H,10-12H2,1-5H3. The number of hydrogen-bond acceptors (Lipinski definition) is 6. The molecule has 1 aliphatic heterocycles. The van der Waals surface area contributed by atoms with Crippen LogP contribution >= 0.6 is 0 Å². The number of nitrogens with zero attached hydrogens (tertiary/aromatic N) is 6. The summed E-state index contributed by atoms with van der Waals surface area (Å²) in [5.74, 6) is 0.924. The fraction of sp³-hybridized carbons (Fsp3) is 0.556. The molecule has 2 aromatic rings. The van der Waals surface area contributed by atoms with Crippen LogP contribution in [0.15, 0.2) is 29.2 Å². The Labute approximate surface area is 148 Å². The summed E-state index contributed by atoms with van der Waals surface area (Å²) in [6.07, 6.45) is 1.75. The first-order valence-electron chi connectivity index (χ1n) is 8.55. The van der Waals surface area contributed by atoms with E-state index >= 15 is 0 Å². The van der Waals surface area contributed by atoms with Crippen molar-refractivity contribution in [2.45, 2.75) is 38.8 Å². The predicted octanol–water partition coefficient (Wildman–Crippen LogP) is 1.19. The van der Waals surface area contributed by atoms with Gasteiger partial charge >= 0.3 is 0 Å². The average Bonchev–Trinajstić information content (AvgIpc) is 2.49. The summed E-state index contributed by atoms with van der Waals surface area (Å²) in [5, 5.41) is 12.8. The molecule has 0 radical (unpaired) electrons. The molecule has 0 amide bonds. The van der Waals surface area contributed by atoms with Gasteiger partial charge < -0.3 is 4.90 Å². The molecule has 7 nitrogen and oxygen atoms in total. The van der Waals surface area contributed by atoms with Gasteiger partial charge in [-0.2, -0.15) is 10.2 Å². The minimum absolute atomic E-state index is 0.0179. The number of aromatic nitrogens is 4. The lowest BCUT2D eigenvalue weighted by molar-refractivity contribution is 0.196. The summed E-state index contributed by atoms with van der Waals surface area (Å²) in [6.45, 7) is 8.96. The van der Waals surface area contributed by atoms with E-state index in [9.17, 15) is 4.79 Å². The highest BCUT2D eigenvalue weighted by atomic mass is 16.1. The average molecular weight is 342 g/mol. The number of anilines is 1. The molecule has 0 unspecified atom stereocenters. The molecule has 0 N–H and O–H groups in total. The molecular formula is C18H26N6O. The molecule has 1 saturated heterocycles. The van der Waals surface area contributed by atoms with Gasteiger partial charge in [0.25, 0.3) is 5.56 Å². The normalized spacial score (nSPS) is 15.5. The Kier molecular flexibility index (Phi) is 4.60. The highest BCUT2D eigenvalue weighted by Crippen LogP contribution is 2.24. The van der Waals surface area contributed by atoms with Crippen LogP contribution < -0.4 is 10.5 Å². The van der Waals surface area contributed by atoms with Gasteiger partial charge in [-0.3, -0.25) is 9.69 Å². The maximum absolute atomic E-state index is 11.7. The first-order valence-corrected chi connectivity index (χ1v) is 8.55. The third-order valence-corrected chi connectivity index (χ3v) is 4.69. The van der Waals surface area contributed by atoms with Crippen molar-refractivity contribution in [2.75, 3.05) is 25.0 Å². The van der Waals surface area contributed by atoms with Crippen LogP contribution in [0.1, 0.15) is 32.0 Å². The van der Waals surface area contributed by atoms with Crippen molar-refractivity contribution in [1.29, 1.82) is 0 Å². The largest absolute Gasteiger partial charge is 0.352 e. The number of rotatable bonds is 4. The second-order valence-corrected chi connectivity index (χ2v) is 7.83. The van der Waals surface area contributed by atoms with Crippen molar-refractivity contribution in [1.82, 2.24) is 24.9 Å². The van der Waals surface area contributed by atoms with Crippen molar-refractivity contribution in [3.8, 4) is 0 Å². The van der Waals surface area contributed by atoms with Gasteiger partial charge in [0.05, 0.1) is 11.9 Å². The van der Waals surface area contributed by atoms with Gasteiger partial charge in [0, 0.05) is 44.2 Å². The molecule has 2 aromatic heterocycles. The third-order valence-electron chi connectivity index (χ3n) is 4.69. The molecule has 3 heterocycles. The maximum atomic E-state index is 11.7. The molecule has 0 aliphatic carbocycles. The zero-order valence-corrected chi connectivity index (χ0v) is 15.6. The maximum Gasteiger partial charge on any atom is 0.266 e. The topological polar surface area (TPSA) is 67.2 Å². The molecule has 3 rings (SSSR count). The van der Waals surface area contributed by atoms with Crippen LogP contribution in [0, 0.1) is 0 Å². The van der Waals surface area contributed by atoms with E-state index < -0.39 is 0 Å². The minimum Gasteiger partial charge on any atom is -0.352 e. The number of likely N-dealkylation sites (N-methyl/N-ethyl adjacent to an activating group) is 1. The second-order valence-electron chi connectivity index (χ2n) is 7.83. The van der Waals surface area contributed by atoms with Gasteiger partial charge in [-0.15, -0.1) is 5.10 Å². The first kappa shape index (κ1) is 17.5. The quantitative estimate of drug-likeness (QED) is 0.831. The Morgan fingerprint density at radius 2 is 1.96 bits per heavy atom. The van der Waals surface area contributed by atoms with E-state index in [1.165, 1.54) is 4.68 Å². The first-order chi connectivity index (χ1) is 11.7. The van der Waals surface area contributed by atoms with Crippen LogP contribution in [-0.4, -0.2) is 51.1 Å². The van der Waals surface area contributed by atoms with E-state index in [0.717, 1.165) is 36.7 Å². The molecule has 0 bridgehead atoms. The Morgan fingerprint density at radius 1 is 1.24 bits per heavy atom. The Balaban J connectivity index is 1.56. The van der Waals surface area contributed by atoms with Gasteiger partial charge in [0.15, 0.2) is 5.82 Å². The van der Waals surface area contributed by atoms with E-state index in [2.05, 4.69) is 65.0 Å². The summed E-state index contributed by atoms with van der Waals surface area (Å²) in [6, 6.07) is 6.20. The SMILES string of the molecule is CN(Cc1cnn(C)c(=O)c1)C1CN(c2ccc(C(C)(C)C)nn2)C1. The molecule has 0 aromatic carbocycles. The minimum atomic E-state index is -0.0738. The van der Waals surface area contributed by atoms with E-state index in [-0.39, 0.29) is 11.0 Å². The number of hydrogen-bond donors (Lipinski definition) is 0. The molecule has 1 aliphatic rings. The molecular weight excluding hydrogens is 316 g/mol. The van der Waals surface area contributed by atoms with Gasteiger partial charge in [-0.1, -0.05) is 20.8 Å². The van der Waals surface area contributed by atoms with E-state index in [1.54, 1.807) is 19.3 Å². The lowest BCUT2D eigenvalue weighted by atomic mass is 9.92. The molecule has 7 heteroatoms. The molecule has 0 saturated carbocycles. The van der Waals surface area contributed by atoms with E-state index in [1.807, 2.05) is 0 Å². The molecule has 134 valence electrons. The summed E-state index contributed by atoms with van der Waals surface area (Å²) in [7, 11) is 3.74. The summed E-state index contributed by atoms with van der Waals surface area (Å²) < 4.78 is 1.34. The van der Waals surface area contributed by atoms with Gasteiger partial charge in [-0.25, -0.2) is 4.68 Å². The van der Waals surface area contributed by atoms with Crippen LogP contribution in [0.25, 0.3) is 0 Å². The number of aryl methyl sites for hydroxylation is 1. The van der Waals surface area contributed by atoms with Crippen molar-refractivity contribution in [2.24, 2.45) is 7.05 Å². The molecule has 0 atom stereocenters. The van der Waals surface area contributed by atoms with Crippen LogP contribution in [0.4, 0.5) is 5.82 Å². The Bertz CT molecular complexity index is 786. The van der Waals surface area contributed by atoms with Gasteiger partial charge in [0.1, 0.15) is 0 Å². The molecule has 1 fully saturated rings. The lowest BCUT2D eigenvalue weighted by Gasteiger charge is -2.44. The van der Waals surface area contributed by atoms with E-state index in [4.69, 9.17) is 0 Å². The van der Waals surface area contributed by atoms with Crippen LogP contribution in [-0.2, 0) is 19.0 Å². The van der Waals surface area contributed by atoms with E-state index in [0.29, 0.717) is 6.04 Å².